The summed E-state index contributed by atoms with van der Waals surface area (Å²) in [4.78, 5) is 4.26. The quantitative estimate of drug-likeness (QED) is 0.813. The number of hydrogen-bond acceptors (Lipinski definition) is 4. The fraction of sp³-hybridized carbons (Fsp3) is 0.583. The van der Waals surface area contributed by atoms with Gasteiger partial charge in [-0.25, -0.2) is 4.98 Å². The highest BCUT2D eigenvalue weighted by Crippen LogP contribution is 2.27. The van der Waals surface area contributed by atoms with E-state index in [9.17, 15) is 5.11 Å². The van der Waals surface area contributed by atoms with Crippen LogP contribution in [0.5, 0.6) is 5.75 Å². The molecule has 2 unspecified atom stereocenters. The number of anilines is 1. The molecule has 0 aromatic carbocycles. The summed E-state index contributed by atoms with van der Waals surface area (Å²) in [6, 6.07) is 4.15. The first-order valence-corrected chi connectivity index (χ1v) is 5.71. The molecule has 0 bridgehead atoms. The van der Waals surface area contributed by atoms with Crippen LogP contribution < -0.4 is 10.1 Å². The van der Waals surface area contributed by atoms with Gasteiger partial charge in [-0.2, -0.15) is 0 Å². The van der Waals surface area contributed by atoms with Gasteiger partial charge in [0, 0.05) is 18.6 Å². The van der Waals surface area contributed by atoms with Gasteiger partial charge >= 0.3 is 0 Å². The van der Waals surface area contributed by atoms with Gasteiger partial charge in [0.1, 0.15) is 11.6 Å². The van der Waals surface area contributed by atoms with Crippen molar-refractivity contribution in [1.82, 2.24) is 4.98 Å². The van der Waals surface area contributed by atoms with Crippen LogP contribution in [0.3, 0.4) is 0 Å². The van der Waals surface area contributed by atoms with E-state index in [-0.39, 0.29) is 6.61 Å². The molecule has 1 aromatic rings. The third-order valence-electron chi connectivity index (χ3n) is 3.20. The van der Waals surface area contributed by atoms with Gasteiger partial charge in [0.05, 0.1) is 13.3 Å². The Morgan fingerprint density at radius 1 is 1.50 bits per heavy atom. The molecular formula is C12H18N2O2. The van der Waals surface area contributed by atoms with Crippen molar-refractivity contribution in [3.8, 4) is 5.75 Å². The zero-order valence-electron chi connectivity index (χ0n) is 9.52. The minimum Gasteiger partial charge on any atom is -0.495 e. The summed E-state index contributed by atoms with van der Waals surface area (Å²) in [5, 5.41) is 12.6. The van der Waals surface area contributed by atoms with Gasteiger partial charge < -0.3 is 15.2 Å². The fourth-order valence-corrected chi connectivity index (χ4v) is 2.22. The van der Waals surface area contributed by atoms with E-state index in [2.05, 4.69) is 10.3 Å². The first kappa shape index (κ1) is 11.2. The van der Waals surface area contributed by atoms with Crippen molar-refractivity contribution in [3.05, 3.63) is 18.3 Å². The Balaban J connectivity index is 1.97. The largest absolute Gasteiger partial charge is 0.495 e. The normalized spacial score (nSPS) is 24.4. The molecule has 88 valence electrons. The van der Waals surface area contributed by atoms with E-state index in [4.69, 9.17) is 4.74 Å². The first-order valence-electron chi connectivity index (χ1n) is 5.71. The summed E-state index contributed by atoms with van der Waals surface area (Å²) in [5.74, 6) is 1.98. The molecule has 0 spiro atoms. The summed E-state index contributed by atoms with van der Waals surface area (Å²) in [7, 11) is 1.63. The van der Waals surface area contributed by atoms with Gasteiger partial charge in [-0.05, 0) is 25.0 Å². The van der Waals surface area contributed by atoms with E-state index in [0.717, 1.165) is 24.4 Å². The number of hydrogen-bond donors (Lipinski definition) is 2. The van der Waals surface area contributed by atoms with E-state index in [1.54, 1.807) is 13.3 Å². The van der Waals surface area contributed by atoms with E-state index < -0.39 is 0 Å². The number of aliphatic hydroxyl groups is 1. The molecule has 1 fully saturated rings. The zero-order chi connectivity index (χ0) is 11.4. The van der Waals surface area contributed by atoms with Gasteiger partial charge in [0.2, 0.25) is 0 Å². The van der Waals surface area contributed by atoms with Gasteiger partial charge in [-0.3, -0.25) is 0 Å². The number of nitrogens with zero attached hydrogens (tertiary/aromatic N) is 1. The summed E-state index contributed by atoms with van der Waals surface area (Å²) >= 11 is 0. The van der Waals surface area contributed by atoms with Gasteiger partial charge in [0.25, 0.3) is 0 Å². The van der Waals surface area contributed by atoms with Crippen LogP contribution in [-0.4, -0.2) is 29.8 Å². The minimum atomic E-state index is 0.258. The number of ether oxygens (including phenoxy) is 1. The van der Waals surface area contributed by atoms with Crippen LogP contribution in [0, 0.1) is 5.92 Å². The monoisotopic (exact) mass is 222 g/mol. The molecule has 0 amide bonds. The molecule has 4 nitrogen and oxygen atoms in total. The smallest absolute Gasteiger partial charge is 0.137 e. The fourth-order valence-electron chi connectivity index (χ4n) is 2.22. The summed E-state index contributed by atoms with van der Waals surface area (Å²) in [5.41, 5.74) is 0. The van der Waals surface area contributed by atoms with Crippen molar-refractivity contribution in [2.75, 3.05) is 19.0 Å². The van der Waals surface area contributed by atoms with Crippen LogP contribution in [0.25, 0.3) is 0 Å². The van der Waals surface area contributed by atoms with Crippen molar-refractivity contribution in [3.63, 3.8) is 0 Å². The van der Waals surface area contributed by atoms with Crippen LogP contribution in [0.4, 0.5) is 5.82 Å². The Bertz CT molecular complexity index is 326. The number of rotatable bonds is 4. The lowest BCUT2D eigenvalue weighted by Crippen LogP contribution is -2.26. The van der Waals surface area contributed by atoms with Crippen molar-refractivity contribution in [2.24, 2.45) is 5.92 Å². The number of aromatic nitrogens is 1. The van der Waals surface area contributed by atoms with Gasteiger partial charge in [0.15, 0.2) is 0 Å². The van der Waals surface area contributed by atoms with Crippen molar-refractivity contribution in [2.45, 2.75) is 25.3 Å². The van der Waals surface area contributed by atoms with Crippen molar-refractivity contribution < 1.29 is 9.84 Å². The second kappa shape index (κ2) is 5.16. The lowest BCUT2D eigenvalue weighted by Gasteiger charge is -2.19. The lowest BCUT2D eigenvalue weighted by atomic mass is 10.1. The Kier molecular flexibility index (Phi) is 3.62. The van der Waals surface area contributed by atoms with Crippen LogP contribution in [0.15, 0.2) is 18.3 Å². The third-order valence-corrected chi connectivity index (χ3v) is 3.20. The number of pyridine rings is 1. The SMILES string of the molecule is COc1ccc(NC2CCCC2CO)nc1. The molecule has 1 aliphatic rings. The topological polar surface area (TPSA) is 54.4 Å². The standard InChI is InChI=1S/C12H18N2O2/c1-16-10-5-6-12(13-7-10)14-11-4-2-3-9(11)8-15/h5-7,9,11,15H,2-4,8H2,1H3,(H,13,14). The van der Waals surface area contributed by atoms with Crippen molar-refractivity contribution in [1.29, 1.82) is 0 Å². The predicted molar refractivity (Wildman–Crippen MR) is 62.6 cm³/mol. The highest BCUT2D eigenvalue weighted by Gasteiger charge is 2.26. The summed E-state index contributed by atoms with van der Waals surface area (Å²) in [6.45, 7) is 0.258. The highest BCUT2D eigenvalue weighted by molar-refractivity contribution is 5.38. The Morgan fingerprint density at radius 2 is 2.38 bits per heavy atom. The highest BCUT2D eigenvalue weighted by atomic mass is 16.5. The second-order valence-electron chi connectivity index (χ2n) is 4.21. The number of methoxy groups -OCH3 is 1. The van der Waals surface area contributed by atoms with Crippen LogP contribution in [-0.2, 0) is 0 Å². The Hall–Kier alpha value is -1.29. The molecule has 1 aromatic heterocycles. The molecule has 4 heteroatoms. The minimum absolute atomic E-state index is 0.258. The molecule has 1 heterocycles. The van der Waals surface area contributed by atoms with E-state index in [0.29, 0.717) is 12.0 Å². The van der Waals surface area contributed by atoms with E-state index in [1.165, 1.54) is 6.42 Å². The number of aliphatic hydroxyl groups excluding tert-OH is 1. The predicted octanol–water partition coefficient (Wildman–Crippen LogP) is 1.66. The Labute approximate surface area is 95.7 Å². The molecule has 1 saturated carbocycles. The second-order valence-corrected chi connectivity index (χ2v) is 4.21. The molecule has 16 heavy (non-hydrogen) atoms. The van der Waals surface area contributed by atoms with Crippen LogP contribution >= 0.6 is 0 Å². The molecule has 2 atom stereocenters. The first-order chi connectivity index (χ1) is 7.83. The van der Waals surface area contributed by atoms with Gasteiger partial charge in [-0.15, -0.1) is 0 Å². The average Bonchev–Trinajstić information content (AvgIpc) is 2.77. The maximum absolute atomic E-state index is 9.22. The van der Waals surface area contributed by atoms with Crippen LogP contribution in [0.1, 0.15) is 19.3 Å². The maximum atomic E-state index is 9.22. The van der Waals surface area contributed by atoms with Gasteiger partial charge in [-0.1, -0.05) is 6.42 Å². The molecule has 2 N–H and O–H groups in total. The molecule has 0 saturated heterocycles. The average molecular weight is 222 g/mol. The number of nitrogens with one attached hydrogen (secondary N) is 1. The van der Waals surface area contributed by atoms with Crippen molar-refractivity contribution >= 4 is 5.82 Å². The molecular weight excluding hydrogens is 204 g/mol. The van der Waals surface area contributed by atoms with E-state index >= 15 is 0 Å². The maximum Gasteiger partial charge on any atom is 0.137 e. The summed E-state index contributed by atoms with van der Waals surface area (Å²) < 4.78 is 5.05. The molecule has 0 radical (unpaired) electrons. The Morgan fingerprint density at radius 3 is 3.00 bits per heavy atom. The third kappa shape index (κ3) is 2.44. The molecule has 2 rings (SSSR count). The van der Waals surface area contributed by atoms with Crippen LogP contribution in [0.2, 0.25) is 0 Å². The van der Waals surface area contributed by atoms with E-state index in [1.807, 2.05) is 12.1 Å². The summed E-state index contributed by atoms with van der Waals surface area (Å²) in [6.07, 6.45) is 5.09. The lowest BCUT2D eigenvalue weighted by molar-refractivity contribution is 0.222. The zero-order valence-corrected chi connectivity index (χ0v) is 9.52. The molecule has 0 aliphatic heterocycles. The molecule has 1 aliphatic carbocycles.